The van der Waals surface area contributed by atoms with Crippen LogP contribution in [0.15, 0.2) is 48.5 Å². The highest BCUT2D eigenvalue weighted by atomic mass is 32.2. The van der Waals surface area contributed by atoms with Gasteiger partial charge in [0.1, 0.15) is 5.75 Å². The molecule has 0 bridgehead atoms. The van der Waals surface area contributed by atoms with Gasteiger partial charge in [0.05, 0.1) is 23.4 Å². The van der Waals surface area contributed by atoms with Crippen molar-refractivity contribution < 1.29 is 37.2 Å². The largest absolute Gasteiger partial charge is 0.597 e. The van der Waals surface area contributed by atoms with Crippen molar-refractivity contribution in [3.63, 3.8) is 0 Å². The molecule has 11 heteroatoms. The Morgan fingerprint density at radius 3 is 2.42 bits per heavy atom. The summed E-state index contributed by atoms with van der Waals surface area (Å²) in [5.74, 6) is -2.38. The number of ether oxygens (including phenoxy) is 1. The minimum absolute atomic E-state index is 0.0351. The van der Waals surface area contributed by atoms with Crippen molar-refractivity contribution in [1.29, 1.82) is 0 Å². The van der Waals surface area contributed by atoms with Crippen LogP contribution in [0.5, 0.6) is 5.75 Å². The van der Waals surface area contributed by atoms with Crippen molar-refractivity contribution in [3.05, 3.63) is 59.7 Å². The maximum Gasteiger partial charge on any atom is 0.573 e. The first-order valence-corrected chi connectivity index (χ1v) is 13.1. The number of carboxylic acid groups (broad SMARTS) is 1. The summed E-state index contributed by atoms with van der Waals surface area (Å²) >= 11 is -1.71. The number of hydrogen-bond acceptors (Lipinski definition) is 5. The molecular formula is C25H25F3N2O5S. The summed E-state index contributed by atoms with van der Waals surface area (Å²) in [4.78, 5) is 26.8. The van der Waals surface area contributed by atoms with E-state index >= 15 is 0 Å². The van der Waals surface area contributed by atoms with E-state index in [0.29, 0.717) is 5.69 Å². The number of benzene rings is 2. The first-order valence-electron chi connectivity index (χ1n) is 11.8. The third kappa shape index (κ3) is 4.91. The number of alkyl halides is 3. The van der Waals surface area contributed by atoms with Gasteiger partial charge in [0.25, 0.3) is 5.91 Å². The number of hydrogen-bond donors (Lipinski definition) is 1. The minimum atomic E-state index is -4.82. The molecule has 5 rings (SSSR count). The first kappa shape index (κ1) is 24.9. The number of para-hydroxylation sites is 1. The van der Waals surface area contributed by atoms with E-state index in [2.05, 4.69) is 4.74 Å². The molecule has 0 aromatic heterocycles. The van der Waals surface area contributed by atoms with E-state index in [1.54, 1.807) is 11.0 Å². The lowest BCUT2D eigenvalue weighted by atomic mass is 9.82. The molecule has 192 valence electrons. The Bertz CT molecular complexity index is 1140. The Balaban J connectivity index is 1.51. The molecule has 1 N–H and O–H groups in total. The van der Waals surface area contributed by atoms with Gasteiger partial charge in [-0.15, -0.1) is 17.5 Å². The van der Waals surface area contributed by atoms with Gasteiger partial charge in [-0.2, -0.15) is 0 Å². The first-order chi connectivity index (χ1) is 17.1. The van der Waals surface area contributed by atoms with Crippen LogP contribution >= 0.6 is 0 Å². The van der Waals surface area contributed by atoms with Crippen LogP contribution < -0.4 is 9.64 Å². The van der Waals surface area contributed by atoms with Gasteiger partial charge in [-0.1, -0.05) is 24.6 Å². The highest BCUT2D eigenvalue weighted by molar-refractivity contribution is 7.89. The molecular weight excluding hydrogens is 497 g/mol. The van der Waals surface area contributed by atoms with Gasteiger partial charge in [-0.05, 0) is 61.6 Å². The zero-order valence-corrected chi connectivity index (χ0v) is 20.0. The number of carbonyl (C=O) groups is 2. The Kier molecular flexibility index (Phi) is 6.65. The van der Waals surface area contributed by atoms with E-state index in [-0.39, 0.29) is 35.5 Å². The van der Waals surface area contributed by atoms with Crippen LogP contribution in [0.4, 0.5) is 18.9 Å². The second-order valence-corrected chi connectivity index (χ2v) is 10.7. The molecule has 2 aromatic carbocycles. The van der Waals surface area contributed by atoms with Gasteiger partial charge in [0, 0.05) is 23.2 Å². The number of aliphatic carboxylic acids is 1. The monoisotopic (exact) mass is 522 g/mol. The Labute approximate surface area is 209 Å². The van der Waals surface area contributed by atoms with Crippen LogP contribution in [-0.2, 0) is 16.2 Å². The van der Waals surface area contributed by atoms with E-state index in [1.165, 1.54) is 12.1 Å². The predicted molar refractivity (Wildman–Crippen MR) is 126 cm³/mol. The molecule has 0 saturated heterocycles. The molecule has 0 radical (unpaired) electrons. The number of anilines is 1. The maximum absolute atomic E-state index is 13.7. The van der Waals surface area contributed by atoms with E-state index in [0.717, 1.165) is 49.8 Å². The van der Waals surface area contributed by atoms with E-state index < -0.39 is 35.2 Å². The van der Waals surface area contributed by atoms with Gasteiger partial charge in [0.15, 0.2) is 0 Å². The van der Waals surface area contributed by atoms with Gasteiger partial charge in [-0.25, -0.2) is 4.79 Å². The highest BCUT2D eigenvalue weighted by Crippen LogP contribution is 2.53. The smallest absolute Gasteiger partial charge is 0.573 e. The van der Waals surface area contributed by atoms with Gasteiger partial charge < -0.3 is 19.3 Å². The van der Waals surface area contributed by atoms with Crippen molar-refractivity contribution in [2.24, 2.45) is 5.92 Å². The van der Waals surface area contributed by atoms with E-state index in [9.17, 15) is 32.4 Å². The Morgan fingerprint density at radius 2 is 1.78 bits per heavy atom. The molecule has 3 aliphatic rings. The number of halogens is 3. The zero-order valence-electron chi connectivity index (χ0n) is 19.2. The van der Waals surface area contributed by atoms with Crippen molar-refractivity contribution >= 4 is 28.9 Å². The average molecular weight is 523 g/mol. The fraction of sp³-hybridized carbons (Fsp3) is 0.440. The number of rotatable bonds is 7. The van der Waals surface area contributed by atoms with Crippen LogP contribution in [0, 0.1) is 5.92 Å². The van der Waals surface area contributed by atoms with Crippen LogP contribution in [-0.4, -0.2) is 50.0 Å². The lowest BCUT2D eigenvalue weighted by Gasteiger charge is -2.46. The number of carbonyl (C=O) groups excluding carboxylic acids is 1. The topological polar surface area (TPSA) is 93.1 Å². The van der Waals surface area contributed by atoms with Gasteiger partial charge >= 0.3 is 12.3 Å². The quantitative estimate of drug-likeness (QED) is 0.532. The lowest BCUT2D eigenvalue weighted by Crippen LogP contribution is -2.53. The Morgan fingerprint density at radius 1 is 1.08 bits per heavy atom. The summed E-state index contributed by atoms with van der Waals surface area (Å²) in [6.45, 7) is 0. The molecule has 7 nitrogen and oxygen atoms in total. The molecule has 1 aliphatic heterocycles. The fourth-order valence-corrected chi connectivity index (χ4v) is 7.00. The molecule has 4 atom stereocenters. The second kappa shape index (κ2) is 9.60. The predicted octanol–water partition coefficient (Wildman–Crippen LogP) is 4.67. The summed E-state index contributed by atoms with van der Waals surface area (Å²) in [5, 5.41) is 9.29. The summed E-state index contributed by atoms with van der Waals surface area (Å²) in [5.41, 5.74) is 1.71. The standard InChI is InChI=1S/C25H25F3N2O5S/c26-25(27,28)35-17-12-8-15(9-13-17)24(33)29-20-6-2-1-4-18(20)23(19-5-3-7-21(19)29)30(16-10-11-16)36(34)14-22(31)32/h1-2,4,6,8-9,12-13,16,19,21,23H,3,5,7,10-11,14H2,(H,31,32). The highest BCUT2D eigenvalue weighted by Gasteiger charge is 2.54. The zero-order chi connectivity index (χ0) is 25.6. The third-order valence-electron chi connectivity index (χ3n) is 7.00. The van der Waals surface area contributed by atoms with Crippen LogP contribution in [0.2, 0.25) is 0 Å². The van der Waals surface area contributed by atoms with Crippen molar-refractivity contribution in [2.45, 2.75) is 56.6 Å². The molecule has 1 heterocycles. The molecule has 2 aromatic rings. The average Bonchev–Trinajstić information content (AvgIpc) is 3.53. The molecule has 0 spiro atoms. The summed E-state index contributed by atoms with van der Waals surface area (Å²) in [7, 11) is 0. The van der Waals surface area contributed by atoms with Crippen molar-refractivity contribution in [1.82, 2.24) is 4.31 Å². The van der Waals surface area contributed by atoms with E-state index in [1.807, 2.05) is 22.5 Å². The Hall–Kier alpha value is -2.76. The van der Waals surface area contributed by atoms with Gasteiger partial charge in [-0.3, -0.25) is 4.79 Å². The summed E-state index contributed by atoms with van der Waals surface area (Å²) in [6.07, 6.45) is -0.768. The summed E-state index contributed by atoms with van der Waals surface area (Å²) in [6, 6.07) is 11.8. The maximum atomic E-state index is 13.7. The SMILES string of the molecule is O=C(O)C[S+]([O-])N(C1CC1)C1c2ccccc2N(C(=O)c2ccc(OC(F)(F)F)cc2)C2CCCC21. The minimum Gasteiger partial charge on any atom is -0.597 e. The third-order valence-corrected chi connectivity index (χ3v) is 8.49. The molecule has 2 fully saturated rings. The lowest BCUT2D eigenvalue weighted by molar-refractivity contribution is -0.274. The summed E-state index contributed by atoms with van der Waals surface area (Å²) < 4.78 is 56.6. The number of carboxylic acids is 1. The molecule has 2 saturated carbocycles. The molecule has 2 aliphatic carbocycles. The van der Waals surface area contributed by atoms with Gasteiger partial charge in [0.2, 0.25) is 5.75 Å². The normalized spacial score (nSPS) is 24.2. The number of nitrogens with zero attached hydrogens (tertiary/aromatic N) is 2. The molecule has 4 unspecified atom stereocenters. The number of amides is 1. The molecule has 36 heavy (non-hydrogen) atoms. The van der Waals surface area contributed by atoms with Crippen molar-refractivity contribution in [2.75, 3.05) is 10.7 Å². The van der Waals surface area contributed by atoms with Crippen LogP contribution in [0.3, 0.4) is 0 Å². The second-order valence-electron chi connectivity index (χ2n) is 9.36. The molecule has 1 amide bonds. The van der Waals surface area contributed by atoms with Crippen molar-refractivity contribution in [3.8, 4) is 5.75 Å². The van der Waals surface area contributed by atoms with E-state index in [4.69, 9.17) is 0 Å². The fourth-order valence-electron chi connectivity index (χ4n) is 5.58. The number of fused-ring (bicyclic) bond motifs is 2. The van der Waals surface area contributed by atoms with Crippen LogP contribution in [0.25, 0.3) is 0 Å². The van der Waals surface area contributed by atoms with Crippen LogP contribution in [0.1, 0.15) is 54.1 Å².